The Hall–Kier alpha value is -2.24. The molecular weight excluding hydrogens is 264 g/mol. The predicted octanol–water partition coefficient (Wildman–Crippen LogP) is 1.52. The molecule has 0 radical (unpaired) electrons. The first-order chi connectivity index (χ1) is 10.1. The minimum absolute atomic E-state index is 0.809. The normalized spacial score (nSPS) is 15.4. The van der Waals surface area contributed by atoms with Gasteiger partial charge >= 0.3 is 0 Å². The second-order valence-electron chi connectivity index (χ2n) is 5.33. The molecule has 0 unspecified atom stereocenters. The monoisotopic (exact) mass is 284 g/mol. The highest BCUT2D eigenvalue weighted by molar-refractivity contribution is 5.50. The van der Waals surface area contributed by atoms with Crippen LogP contribution in [0.15, 0.2) is 18.5 Å². The van der Waals surface area contributed by atoms with Crippen molar-refractivity contribution in [2.45, 2.75) is 20.8 Å². The van der Waals surface area contributed by atoms with E-state index in [9.17, 15) is 0 Å². The summed E-state index contributed by atoms with van der Waals surface area (Å²) in [5, 5.41) is 0. The van der Waals surface area contributed by atoms with E-state index >= 15 is 0 Å². The Bertz CT molecular complexity index is 620. The molecule has 2 aromatic rings. The van der Waals surface area contributed by atoms with Crippen molar-refractivity contribution in [2.75, 3.05) is 36.0 Å². The first-order valence-corrected chi connectivity index (χ1v) is 7.24. The highest BCUT2D eigenvalue weighted by Gasteiger charge is 2.21. The number of aryl methyl sites for hydroxylation is 2. The van der Waals surface area contributed by atoms with Gasteiger partial charge in [-0.05, 0) is 26.8 Å². The van der Waals surface area contributed by atoms with Crippen LogP contribution in [-0.2, 0) is 0 Å². The van der Waals surface area contributed by atoms with Crippen molar-refractivity contribution < 1.29 is 0 Å². The maximum atomic E-state index is 4.62. The molecular formula is C15H20N6. The molecule has 0 atom stereocenters. The van der Waals surface area contributed by atoms with Crippen molar-refractivity contribution in [3.05, 3.63) is 35.5 Å². The van der Waals surface area contributed by atoms with E-state index in [2.05, 4.69) is 36.7 Å². The van der Waals surface area contributed by atoms with Crippen molar-refractivity contribution in [1.82, 2.24) is 19.9 Å². The van der Waals surface area contributed by atoms with Crippen LogP contribution >= 0.6 is 0 Å². The van der Waals surface area contributed by atoms with Gasteiger partial charge in [-0.15, -0.1) is 0 Å². The average Bonchev–Trinajstić information content (AvgIpc) is 2.52. The van der Waals surface area contributed by atoms with Crippen LogP contribution in [0, 0.1) is 20.8 Å². The number of rotatable bonds is 2. The third kappa shape index (κ3) is 2.79. The summed E-state index contributed by atoms with van der Waals surface area (Å²) in [6.07, 6.45) is 3.58. The van der Waals surface area contributed by atoms with Gasteiger partial charge in [0.05, 0.1) is 0 Å². The Morgan fingerprint density at radius 1 is 0.857 bits per heavy atom. The maximum Gasteiger partial charge on any atom is 0.225 e. The highest BCUT2D eigenvalue weighted by Crippen LogP contribution is 2.21. The molecule has 0 saturated carbocycles. The van der Waals surface area contributed by atoms with Crippen molar-refractivity contribution in [2.24, 2.45) is 0 Å². The first kappa shape index (κ1) is 13.7. The third-order valence-corrected chi connectivity index (χ3v) is 3.89. The molecule has 0 N–H and O–H groups in total. The first-order valence-electron chi connectivity index (χ1n) is 7.24. The minimum Gasteiger partial charge on any atom is -0.353 e. The Morgan fingerprint density at radius 2 is 1.48 bits per heavy atom. The molecule has 0 amide bonds. The topological polar surface area (TPSA) is 58.0 Å². The summed E-state index contributed by atoms with van der Waals surface area (Å²) in [6.45, 7) is 9.75. The Morgan fingerprint density at radius 3 is 2.14 bits per heavy atom. The van der Waals surface area contributed by atoms with Crippen LogP contribution < -0.4 is 9.80 Å². The molecule has 0 bridgehead atoms. The van der Waals surface area contributed by atoms with Gasteiger partial charge in [0.2, 0.25) is 5.95 Å². The molecule has 110 valence electrons. The smallest absolute Gasteiger partial charge is 0.225 e. The Labute approximate surface area is 124 Å². The zero-order valence-electron chi connectivity index (χ0n) is 12.7. The van der Waals surface area contributed by atoms with Crippen molar-refractivity contribution in [3.63, 3.8) is 0 Å². The van der Waals surface area contributed by atoms with Crippen LogP contribution in [0.2, 0.25) is 0 Å². The van der Waals surface area contributed by atoms with E-state index in [1.165, 1.54) is 5.56 Å². The molecule has 0 aliphatic carbocycles. The van der Waals surface area contributed by atoms with Gasteiger partial charge in [0.25, 0.3) is 0 Å². The van der Waals surface area contributed by atoms with Crippen LogP contribution in [0.1, 0.15) is 17.1 Å². The second kappa shape index (κ2) is 5.63. The summed E-state index contributed by atoms with van der Waals surface area (Å²) in [5.41, 5.74) is 2.23. The van der Waals surface area contributed by atoms with Gasteiger partial charge in [-0.3, -0.25) is 0 Å². The van der Waals surface area contributed by atoms with Crippen molar-refractivity contribution in [3.8, 4) is 0 Å². The molecule has 3 heterocycles. The molecule has 6 nitrogen and oxygen atoms in total. The lowest BCUT2D eigenvalue weighted by Gasteiger charge is -2.36. The molecule has 1 fully saturated rings. The van der Waals surface area contributed by atoms with Gasteiger partial charge in [0.15, 0.2) is 0 Å². The van der Waals surface area contributed by atoms with E-state index in [1.807, 2.05) is 19.9 Å². The fourth-order valence-corrected chi connectivity index (χ4v) is 2.63. The molecule has 1 aliphatic rings. The molecule has 0 spiro atoms. The van der Waals surface area contributed by atoms with Gasteiger partial charge in [-0.1, -0.05) is 0 Å². The van der Waals surface area contributed by atoms with Gasteiger partial charge in [0, 0.05) is 49.8 Å². The van der Waals surface area contributed by atoms with Gasteiger partial charge < -0.3 is 9.80 Å². The standard InChI is InChI=1S/C15H20N6/c1-11-12(2)18-13(3)19-14(11)20-7-9-21(10-8-20)15-16-5-4-6-17-15/h4-6H,7-10H2,1-3H3. The Kier molecular flexibility index (Phi) is 3.68. The summed E-state index contributed by atoms with van der Waals surface area (Å²) in [5.74, 6) is 2.71. The molecule has 1 aliphatic heterocycles. The van der Waals surface area contributed by atoms with Crippen LogP contribution in [0.25, 0.3) is 0 Å². The van der Waals surface area contributed by atoms with E-state index in [-0.39, 0.29) is 0 Å². The van der Waals surface area contributed by atoms with Gasteiger partial charge in [-0.25, -0.2) is 19.9 Å². The van der Waals surface area contributed by atoms with Crippen LogP contribution in [0.4, 0.5) is 11.8 Å². The van der Waals surface area contributed by atoms with Crippen LogP contribution in [0.3, 0.4) is 0 Å². The molecule has 0 aromatic carbocycles. The van der Waals surface area contributed by atoms with Gasteiger partial charge in [-0.2, -0.15) is 0 Å². The second-order valence-corrected chi connectivity index (χ2v) is 5.33. The summed E-state index contributed by atoms with van der Waals surface area (Å²) < 4.78 is 0. The zero-order chi connectivity index (χ0) is 14.8. The van der Waals surface area contributed by atoms with Crippen molar-refractivity contribution >= 4 is 11.8 Å². The molecule has 3 rings (SSSR count). The van der Waals surface area contributed by atoms with E-state index in [1.54, 1.807) is 12.4 Å². The molecule has 21 heavy (non-hydrogen) atoms. The minimum atomic E-state index is 0.809. The number of anilines is 2. The van der Waals surface area contributed by atoms with Crippen LogP contribution in [0.5, 0.6) is 0 Å². The summed E-state index contributed by atoms with van der Waals surface area (Å²) >= 11 is 0. The maximum absolute atomic E-state index is 4.62. The van der Waals surface area contributed by atoms with Crippen molar-refractivity contribution in [1.29, 1.82) is 0 Å². The lowest BCUT2D eigenvalue weighted by atomic mass is 10.2. The number of piperazine rings is 1. The number of hydrogen-bond acceptors (Lipinski definition) is 6. The highest BCUT2D eigenvalue weighted by atomic mass is 15.3. The number of nitrogens with zero attached hydrogens (tertiary/aromatic N) is 6. The third-order valence-electron chi connectivity index (χ3n) is 3.89. The van der Waals surface area contributed by atoms with E-state index < -0.39 is 0 Å². The van der Waals surface area contributed by atoms with E-state index in [0.717, 1.165) is 49.5 Å². The Balaban J connectivity index is 1.74. The SMILES string of the molecule is Cc1nc(C)c(C)c(N2CCN(c3ncccn3)CC2)n1. The largest absolute Gasteiger partial charge is 0.353 e. The summed E-state index contributed by atoms with van der Waals surface area (Å²) in [4.78, 5) is 22.2. The van der Waals surface area contributed by atoms with Gasteiger partial charge in [0.1, 0.15) is 11.6 Å². The fourth-order valence-electron chi connectivity index (χ4n) is 2.63. The summed E-state index contributed by atoms with van der Waals surface area (Å²) in [6, 6.07) is 1.84. The number of hydrogen-bond donors (Lipinski definition) is 0. The van der Waals surface area contributed by atoms with E-state index in [0.29, 0.717) is 0 Å². The lowest BCUT2D eigenvalue weighted by molar-refractivity contribution is 0.631. The summed E-state index contributed by atoms with van der Waals surface area (Å²) in [7, 11) is 0. The quantitative estimate of drug-likeness (QED) is 0.833. The molecule has 2 aromatic heterocycles. The lowest BCUT2D eigenvalue weighted by Crippen LogP contribution is -2.47. The predicted molar refractivity (Wildman–Crippen MR) is 82.7 cm³/mol. The number of aromatic nitrogens is 4. The van der Waals surface area contributed by atoms with Crippen LogP contribution in [-0.4, -0.2) is 46.1 Å². The molecule has 1 saturated heterocycles. The van der Waals surface area contributed by atoms with E-state index in [4.69, 9.17) is 0 Å². The fraction of sp³-hybridized carbons (Fsp3) is 0.467. The average molecular weight is 284 g/mol. The zero-order valence-corrected chi connectivity index (χ0v) is 12.7. The molecule has 6 heteroatoms.